The van der Waals surface area contributed by atoms with Crippen molar-refractivity contribution in [2.24, 2.45) is 5.92 Å². The molecule has 0 saturated heterocycles. The molecule has 0 spiro atoms. The lowest BCUT2D eigenvalue weighted by molar-refractivity contribution is -0.122. The zero-order chi connectivity index (χ0) is 15.1. The van der Waals surface area contributed by atoms with Crippen LogP contribution in [0.4, 0.5) is 0 Å². The number of amides is 1. The Bertz CT molecular complexity index is 552. The van der Waals surface area contributed by atoms with Crippen LogP contribution in [0.1, 0.15) is 19.8 Å². The molecule has 0 aliphatic rings. The molecule has 21 heavy (non-hydrogen) atoms. The predicted octanol–water partition coefficient (Wildman–Crippen LogP) is 0.458. The van der Waals surface area contributed by atoms with Crippen molar-refractivity contribution in [1.29, 1.82) is 0 Å². The summed E-state index contributed by atoms with van der Waals surface area (Å²) in [5.74, 6) is 0.953. The molecule has 2 rings (SSSR count). The summed E-state index contributed by atoms with van der Waals surface area (Å²) in [7, 11) is 0. The molecule has 1 amide bonds. The van der Waals surface area contributed by atoms with E-state index in [2.05, 4.69) is 20.7 Å². The van der Waals surface area contributed by atoms with Crippen molar-refractivity contribution >= 4 is 5.91 Å². The van der Waals surface area contributed by atoms with Crippen molar-refractivity contribution in [2.75, 3.05) is 13.2 Å². The van der Waals surface area contributed by atoms with Gasteiger partial charge in [0.25, 0.3) is 0 Å². The molecule has 0 saturated carbocycles. The molecule has 0 fully saturated rings. The molecule has 2 aromatic heterocycles. The number of hydrogen-bond donors (Lipinski definition) is 2. The van der Waals surface area contributed by atoms with Crippen LogP contribution in [-0.2, 0) is 11.3 Å². The van der Waals surface area contributed by atoms with E-state index in [9.17, 15) is 4.79 Å². The molecule has 8 heteroatoms. The molecule has 0 bridgehead atoms. The minimum Gasteiger partial charge on any atom is -0.461 e. The van der Waals surface area contributed by atoms with Crippen LogP contribution in [0.25, 0.3) is 11.6 Å². The third kappa shape index (κ3) is 4.67. The predicted molar refractivity (Wildman–Crippen MR) is 74.0 cm³/mol. The Balaban J connectivity index is 1.73. The lowest BCUT2D eigenvalue weighted by Gasteiger charge is -2.08. The topological polar surface area (TPSA) is 106 Å². The summed E-state index contributed by atoms with van der Waals surface area (Å²) < 4.78 is 5.15. The van der Waals surface area contributed by atoms with Gasteiger partial charge in [0.2, 0.25) is 11.7 Å². The van der Waals surface area contributed by atoms with Crippen molar-refractivity contribution in [3.63, 3.8) is 0 Å². The number of rotatable bonds is 8. The van der Waals surface area contributed by atoms with Crippen LogP contribution in [0.3, 0.4) is 0 Å². The maximum Gasteiger partial charge on any atom is 0.243 e. The van der Waals surface area contributed by atoms with Crippen molar-refractivity contribution in [1.82, 2.24) is 25.5 Å². The van der Waals surface area contributed by atoms with Crippen molar-refractivity contribution in [3.8, 4) is 11.6 Å². The number of nitrogens with one attached hydrogen (secondary N) is 1. The van der Waals surface area contributed by atoms with E-state index in [1.54, 1.807) is 12.1 Å². The highest BCUT2D eigenvalue weighted by Gasteiger charge is 2.10. The standard InChI is InChI=1S/C13H19N5O3/c1-10(9-19)4-2-6-14-12(20)8-18-16-13(15-17-18)11-5-3-7-21-11/h3,5,7,10,19H,2,4,6,8-9H2,1H3,(H,14,20). The average Bonchev–Trinajstić information content (AvgIpc) is 3.13. The monoisotopic (exact) mass is 293 g/mol. The lowest BCUT2D eigenvalue weighted by Crippen LogP contribution is -2.29. The van der Waals surface area contributed by atoms with Gasteiger partial charge in [-0.3, -0.25) is 4.79 Å². The Morgan fingerprint density at radius 1 is 1.57 bits per heavy atom. The minimum atomic E-state index is -0.171. The van der Waals surface area contributed by atoms with Crippen LogP contribution in [0, 0.1) is 5.92 Å². The maximum atomic E-state index is 11.7. The number of aliphatic hydroxyl groups is 1. The van der Waals surface area contributed by atoms with Gasteiger partial charge in [-0.15, -0.1) is 10.2 Å². The van der Waals surface area contributed by atoms with E-state index >= 15 is 0 Å². The molecule has 0 aliphatic carbocycles. The molecule has 1 unspecified atom stereocenters. The van der Waals surface area contributed by atoms with Gasteiger partial charge in [0.15, 0.2) is 5.76 Å². The first-order valence-electron chi connectivity index (χ1n) is 6.88. The van der Waals surface area contributed by atoms with E-state index in [1.807, 2.05) is 6.92 Å². The molecule has 2 heterocycles. The van der Waals surface area contributed by atoms with Crippen LogP contribution in [0.5, 0.6) is 0 Å². The highest BCUT2D eigenvalue weighted by Crippen LogP contribution is 2.12. The Hall–Kier alpha value is -2.22. The van der Waals surface area contributed by atoms with Crippen LogP contribution in [0.2, 0.25) is 0 Å². The Morgan fingerprint density at radius 3 is 3.14 bits per heavy atom. The third-order valence-corrected chi connectivity index (χ3v) is 2.99. The number of aromatic nitrogens is 4. The fourth-order valence-electron chi connectivity index (χ4n) is 1.77. The van der Waals surface area contributed by atoms with Crippen molar-refractivity contribution in [3.05, 3.63) is 18.4 Å². The molecule has 0 aliphatic heterocycles. The number of carbonyl (C=O) groups is 1. The second-order valence-corrected chi connectivity index (χ2v) is 4.90. The van der Waals surface area contributed by atoms with Gasteiger partial charge in [0, 0.05) is 13.2 Å². The van der Waals surface area contributed by atoms with Gasteiger partial charge in [-0.2, -0.15) is 4.80 Å². The third-order valence-electron chi connectivity index (χ3n) is 2.99. The van der Waals surface area contributed by atoms with Gasteiger partial charge in [0.05, 0.1) is 6.26 Å². The zero-order valence-corrected chi connectivity index (χ0v) is 11.9. The summed E-state index contributed by atoms with van der Waals surface area (Å²) in [6.45, 7) is 2.73. The summed E-state index contributed by atoms with van der Waals surface area (Å²) in [5.41, 5.74) is 0. The largest absolute Gasteiger partial charge is 0.461 e. The number of carbonyl (C=O) groups excluding carboxylic acids is 1. The van der Waals surface area contributed by atoms with Gasteiger partial charge in [-0.25, -0.2) is 0 Å². The highest BCUT2D eigenvalue weighted by atomic mass is 16.3. The first-order valence-corrected chi connectivity index (χ1v) is 6.88. The highest BCUT2D eigenvalue weighted by molar-refractivity contribution is 5.75. The average molecular weight is 293 g/mol. The second-order valence-electron chi connectivity index (χ2n) is 4.90. The van der Waals surface area contributed by atoms with E-state index in [-0.39, 0.29) is 25.0 Å². The van der Waals surface area contributed by atoms with E-state index in [0.29, 0.717) is 18.1 Å². The molecule has 2 N–H and O–H groups in total. The quantitative estimate of drug-likeness (QED) is 0.685. The van der Waals surface area contributed by atoms with E-state index in [1.165, 1.54) is 11.1 Å². The molecular formula is C13H19N5O3. The first kappa shape index (κ1) is 15.2. The Kier molecular flexibility index (Phi) is 5.44. The van der Waals surface area contributed by atoms with Crippen LogP contribution < -0.4 is 5.32 Å². The van der Waals surface area contributed by atoms with Gasteiger partial charge >= 0.3 is 0 Å². The molecule has 1 atom stereocenters. The summed E-state index contributed by atoms with van der Waals surface area (Å²) in [4.78, 5) is 12.9. The number of tetrazole rings is 1. The van der Waals surface area contributed by atoms with Crippen LogP contribution in [-0.4, -0.2) is 44.4 Å². The molecule has 2 aromatic rings. The summed E-state index contributed by atoms with van der Waals surface area (Å²) in [6, 6.07) is 3.46. The molecule has 114 valence electrons. The summed E-state index contributed by atoms with van der Waals surface area (Å²) >= 11 is 0. The van der Waals surface area contributed by atoms with Crippen LogP contribution in [0.15, 0.2) is 22.8 Å². The number of hydrogen-bond acceptors (Lipinski definition) is 6. The fourth-order valence-corrected chi connectivity index (χ4v) is 1.77. The second kappa shape index (κ2) is 7.53. The molecule has 0 radical (unpaired) electrons. The smallest absolute Gasteiger partial charge is 0.243 e. The summed E-state index contributed by atoms with van der Waals surface area (Å²) in [5, 5.41) is 23.4. The fraction of sp³-hybridized carbons (Fsp3) is 0.538. The zero-order valence-electron chi connectivity index (χ0n) is 11.9. The van der Waals surface area contributed by atoms with Gasteiger partial charge < -0.3 is 14.8 Å². The number of aliphatic hydroxyl groups excluding tert-OH is 1. The minimum absolute atomic E-state index is 0.0171. The molecule has 8 nitrogen and oxygen atoms in total. The van der Waals surface area contributed by atoms with E-state index in [0.717, 1.165) is 12.8 Å². The van der Waals surface area contributed by atoms with E-state index < -0.39 is 0 Å². The van der Waals surface area contributed by atoms with Gasteiger partial charge in [-0.05, 0) is 36.1 Å². The Labute approximate surface area is 122 Å². The van der Waals surface area contributed by atoms with Crippen molar-refractivity contribution < 1.29 is 14.3 Å². The SMILES string of the molecule is CC(CO)CCCNC(=O)Cn1nnc(-c2ccco2)n1. The lowest BCUT2D eigenvalue weighted by atomic mass is 10.1. The van der Waals surface area contributed by atoms with Crippen LogP contribution >= 0.6 is 0 Å². The van der Waals surface area contributed by atoms with Gasteiger partial charge in [0.1, 0.15) is 6.54 Å². The van der Waals surface area contributed by atoms with Gasteiger partial charge in [-0.1, -0.05) is 6.92 Å². The van der Waals surface area contributed by atoms with Crippen molar-refractivity contribution in [2.45, 2.75) is 26.3 Å². The number of furan rings is 1. The summed E-state index contributed by atoms with van der Waals surface area (Å²) in [6.07, 6.45) is 3.23. The van der Waals surface area contributed by atoms with E-state index in [4.69, 9.17) is 9.52 Å². The molecular weight excluding hydrogens is 274 g/mol. The Morgan fingerprint density at radius 2 is 2.43 bits per heavy atom. The first-order chi connectivity index (χ1) is 10.2. The normalized spacial score (nSPS) is 12.3. The maximum absolute atomic E-state index is 11.7. The molecule has 0 aromatic carbocycles. The number of nitrogens with zero attached hydrogens (tertiary/aromatic N) is 4.